The maximum Gasteiger partial charge on any atom is 0.231 e. The van der Waals surface area contributed by atoms with E-state index in [2.05, 4.69) is 94.8 Å². The van der Waals surface area contributed by atoms with E-state index >= 15 is 0 Å². The minimum atomic E-state index is -0.333. The third kappa shape index (κ3) is 4.84. The predicted molar refractivity (Wildman–Crippen MR) is 160 cm³/mol. The van der Waals surface area contributed by atoms with Crippen LogP contribution in [0.2, 0.25) is 0 Å². The topological polar surface area (TPSA) is 42.2 Å². The van der Waals surface area contributed by atoms with Crippen LogP contribution in [0.25, 0.3) is 0 Å². The molecule has 3 aromatic rings. The van der Waals surface area contributed by atoms with Gasteiger partial charge in [-0.2, -0.15) is 5.26 Å². The molecule has 2 heterocycles. The molecule has 1 saturated heterocycles. The number of rotatable bonds is 9. The number of benzene rings is 3. The Labute approximate surface area is 246 Å². The van der Waals surface area contributed by atoms with E-state index in [0.717, 1.165) is 58.2 Å². The third-order valence-electron chi connectivity index (χ3n) is 10.5. The number of likely N-dealkylation sites (tertiary alicyclic amines) is 1. The number of ether oxygens (including phenoxy) is 2. The Hall–Kier alpha value is -2.81. The number of piperidine rings is 1. The first-order valence-corrected chi connectivity index (χ1v) is 15.8. The SMILES string of the molecule is N#CC(CC1C2C[N+](CCc3ccc4c(c3)OCO4)(Cc3ccc(Br)cc3)CC12)(c1ccccc1)C1CCCC1. The number of nitriles is 1. The highest BCUT2D eigenvalue weighted by atomic mass is 79.9. The zero-order chi connectivity index (χ0) is 27.2. The van der Waals surface area contributed by atoms with Gasteiger partial charge < -0.3 is 14.0 Å². The standard InChI is InChI=1S/C35H38BrN2O2/c36-29-13-10-26(11-14-29)20-38(17-16-25-12-15-33-34(18-25)40-24-39-33)21-31-30(32(31)22-38)19-35(23-37,28-8-4-5-9-28)27-6-2-1-3-7-27/h1-3,6-7,10-15,18,28,30-32H,4-5,8-9,16-17,19-22,24H2/q+1. The molecule has 0 amide bonds. The third-order valence-corrected chi connectivity index (χ3v) is 11.1. The monoisotopic (exact) mass is 597 g/mol. The van der Waals surface area contributed by atoms with Crippen LogP contribution in [-0.2, 0) is 18.4 Å². The van der Waals surface area contributed by atoms with Gasteiger partial charge in [0.1, 0.15) is 6.54 Å². The Morgan fingerprint density at radius 1 is 0.875 bits per heavy atom. The minimum absolute atomic E-state index is 0.321. The van der Waals surface area contributed by atoms with Gasteiger partial charge in [-0.05, 0) is 66.5 Å². The molecule has 3 aromatic carbocycles. The van der Waals surface area contributed by atoms with Gasteiger partial charge in [-0.15, -0.1) is 0 Å². The molecule has 0 N–H and O–H groups in total. The fourth-order valence-corrected chi connectivity index (χ4v) is 8.68. The summed E-state index contributed by atoms with van der Waals surface area (Å²) in [6.07, 6.45) is 7.00. The Bertz CT molecular complexity index is 1380. The van der Waals surface area contributed by atoms with Crippen LogP contribution in [0, 0.1) is 35.0 Å². The summed E-state index contributed by atoms with van der Waals surface area (Å²) in [6, 6.07) is 29.0. The summed E-state index contributed by atoms with van der Waals surface area (Å²) < 4.78 is 13.5. The second-order valence-corrected chi connectivity index (χ2v) is 13.7. The number of hydrogen-bond acceptors (Lipinski definition) is 3. The summed E-state index contributed by atoms with van der Waals surface area (Å²) in [7, 11) is 0. The normalized spacial score (nSPS) is 28.1. The largest absolute Gasteiger partial charge is 0.454 e. The van der Waals surface area contributed by atoms with Crippen LogP contribution < -0.4 is 9.47 Å². The lowest BCUT2D eigenvalue weighted by atomic mass is 9.67. The average molecular weight is 599 g/mol. The predicted octanol–water partition coefficient (Wildman–Crippen LogP) is 7.65. The summed E-state index contributed by atoms with van der Waals surface area (Å²) in [4.78, 5) is 0. The number of fused-ring (bicyclic) bond motifs is 2. The lowest BCUT2D eigenvalue weighted by molar-refractivity contribution is -0.934. The molecule has 3 fully saturated rings. The average Bonchev–Trinajstić information content (AvgIpc) is 3.52. The molecule has 5 heteroatoms. The van der Waals surface area contributed by atoms with Crippen molar-refractivity contribution in [3.05, 3.63) is 94.0 Å². The molecule has 3 unspecified atom stereocenters. The van der Waals surface area contributed by atoms with Crippen molar-refractivity contribution in [2.75, 3.05) is 26.4 Å². The molecule has 2 aliphatic carbocycles. The van der Waals surface area contributed by atoms with Crippen molar-refractivity contribution in [3.63, 3.8) is 0 Å². The summed E-state index contributed by atoms with van der Waals surface area (Å²) in [5, 5.41) is 10.8. The molecule has 4 nitrogen and oxygen atoms in total. The van der Waals surface area contributed by atoms with E-state index in [4.69, 9.17) is 9.47 Å². The first-order valence-electron chi connectivity index (χ1n) is 15.0. The molecule has 7 rings (SSSR count). The molecular weight excluding hydrogens is 560 g/mol. The van der Waals surface area contributed by atoms with E-state index in [0.29, 0.717) is 18.6 Å². The van der Waals surface area contributed by atoms with Crippen LogP contribution in [0.3, 0.4) is 0 Å². The van der Waals surface area contributed by atoms with Crippen LogP contribution in [0.5, 0.6) is 11.5 Å². The van der Waals surface area contributed by atoms with Gasteiger partial charge in [0.2, 0.25) is 6.79 Å². The van der Waals surface area contributed by atoms with Gasteiger partial charge in [0, 0.05) is 28.3 Å². The molecule has 3 atom stereocenters. The van der Waals surface area contributed by atoms with Crippen LogP contribution in [-0.4, -0.2) is 30.9 Å². The van der Waals surface area contributed by atoms with E-state index in [9.17, 15) is 5.26 Å². The molecular formula is C35H38BrN2O2+. The highest BCUT2D eigenvalue weighted by molar-refractivity contribution is 9.10. The first-order chi connectivity index (χ1) is 19.6. The smallest absolute Gasteiger partial charge is 0.231 e. The molecule has 40 heavy (non-hydrogen) atoms. The maximum absolute atomic E-state index is 10.8. The molecule has 0 aromatic heterocycles. The van der Waals surface area contributed by atoms with Gasteiger partial charge >= 0.3 is 0 Å². The van der Waals surface area contributed by atoms with Crippen molar-refractivity contribution in [3.8, 4) is 17.6 Å². The molecule has 0 spiro atoms. The van der Waals surface area contributed by atoms with Gasteiger partial charge in [0.25, 0.3) is 0 Å². The number of nitrogens with zero attached hydrogens (tertiary/aromatic N) is 2. The molecule has 0 radical (unpaired) electrons. The van der Waals surface area contributed by atoms with Crippen molar-refractivity contribution >= 4 is 15.9 Å². The minimum Gasteiger partial charge on any atom is -0.454 e. The maximum atomic E-state index is 10.8. The Morgan fingerprint density at radius 2 is 1.57 bits per heavy atom. The van der Waals surface area contributed by atoms with Crippen LogP contribution in [0.1, 0.15) is 48.8 Å². The molecule has 2 saturated carbocycles. The lowest BCUT2D eigenvalue weighted by Gasteiger charge is -2.39. The van der Waals surface area contributed by atoms with E-state index < -0.39 is 0 Å². The second kappa shape index (κ2) is 10.5. The molecule has 2 aliphatic heterocycles. The fraction of sp³-hybridized carbons (Fsp3) is 0.457. The van der Waals surface area contributed by atoms with Gasteiger partial charge in [0.15, 0.2) is 11.5 Å². The lowest BCUT2D eigenvalue weighted by Crippen LogP contribution is -2.49. The van der Waals surface area contributed by atoms with Crippen LogP contribution in [0.4, 0.5) is 0 Å². The highest BCUT2D eigenvalue weighted by Crippen LogP contribution is 2.61. The zero-order valence-corrected chi connectivity index (χ0v) is 24.7. The highest BCUT2D eigenvalue weighted by Gasteiger charge is 2.64. The summed E-state index contributed by atoms with van der Waals surface area (Å²) in [6.45, 7) is 4.96. The van der Waals surface area contributed by atoms with E-state index in [1.165, 1.54) is 55.5 Å². The van der Waals surface area contributed by atoms with Crippen molar-refractivity contribution in [1.29, 1.82) is 5.26 Å². The number of hydrogen-bond donors (Lipinski definition) is 0. The molecule has 206 valence electrons. The van der Waals surface area contributed by atoms with Gasteiger partial charge in [-0.25, -0.2) is 0 Å². The van der Waals surface area contributed by atoms with Gasteiger partial charge in [-0.3, -0.25) is 0 Å². The van der Waals surface area contributed by atoms with E-state index in [1.807, 2.05) is 0 Å². The summed E-state index contributed by atoms with van der Waals surface area (Å²) in [5.41, 5.74) is 3.66. The van der Waals surface area contributed by atoms with Gasteiger partial charge in [0.05, 0.1) is 31.1 Å². The van der Waals surface area contributed by atoms with Gasteiger partial charge in [-0.1, -0.05) is 77.3 Å². The Kier molecular flexibility index (Phi) is 6.88. The Balaban J connectivity index is 1.10. The van der Waals surface area contributed by atoms with E-state index in [-0.39, 0.29) is 5.41 Å². The first kappa shape index (κ1) is 26.1. The number of halogens is 1. The zero-order valence-electron chi connectivity index (χ0n) is 23.1. The van der Waals surface area contributed by atoms with Crippen LogP contribution in [0.15, 0.2) is 77.3 Å². The van der Waals surface area contributed by atoms with Crippen molar-refractivity contribution in [2.24, 2.45) is 23.7 Å². The van der Waals surface area contributed by atoms with Crippen molar-refractivity contribution in [2.45, 2.75) is 50.5 Å². The van der Waals surface area contributed by atoms with E-state index in [1.54, 1.807) is 0 Å². The number of quaternary nitrogens is 1. The second-order valence-electron chi connectivity index (χ2n) is 12.8. The molecule has 0 bridgehead atoms. The summed E-state index contributed by atoms with van der Waals surface area (Å²) >= 11 is 3.61. The van der Waals surface area contributed by atoms with Crippen LogP contribution >= 0.6 is 15.9 Å². The van der Waals surface area contributed by atoms with Crippen molar-refractivity contribution < 1.29 is 14.0 Å². The Morgan fingerprint density at radius 3 is 2.30 bits per heavy atom. The summed E-state index contributed by atoms with van der Waals surface area (Å²) in [5.74, 6) is 4.35. The fourth-order valence-electron chi connectivity index (χ4n) is 8.42. The quantitative estimate of drug-likeness (QED) is 0.238. The molecule has 4 aliphatic rings. The van der Waals surface area contributed by atoms with Crippen molar-refractivity contribution in [1.82, 2.24) is 0 Å².